The summed E-state index contributed by atoms with van der Waals surface area (Å²) in [6, 6.07) is 4.41. The van der Waals surface area contributed by atoms with Crippen molar-refractivity contribution in [3.63, 3.8) is 0 Å². The van der Waals surface area contributed by atoms with Crippen molar-refractivity contribution in [2.24, 2.45) is 11.7 Å². The number of rotatable bonds is 8. The Labute approximate surface area is 209 Å². The van der Waals surface area contributed by atoms with Crippen molar-refractivity contribution in [1.82, 2.24) is 14.9 Å². The normalized spacial score (nSPS) is 18.8. The fourth-order valence-corrected chi connectivity index (χ4v) is 4.31. The second-order valence-electron chi connectivity index (χ2n) is 9.13. The van der Waals surface area contributed by atoms with Crippen LogP contribution in [0.1, 0.15) is 33.1 Å². The van der Waals surface area contributed by atoms with Crippen LogP contribution in [0, 0.1) is 11.7 Å². The van der Waals surface area contributed by atoms with Gasteiger partial charge in [0.1, 0.15) is 11.9 Å². The first-order valence-corrected chi connectivity index (χ1v) is 12.2. The van der Waals surface area contributed by atoms with Crippen LogP contribution in [0.5, 0.6) is 0 Å². The lowest BCUT2D eigenvalue weighted by molar-refractivity contribution is -0.131. The largest absolute Gasteiger partial charge is 0.443 e. The van der Waals surface area contributed by atoms with Crippen LogP contribution in [-0.2, 0) is 14.3 Å². The van der Waals surface area contributed by atoms with Crippen LogP contribution in [0.4, 0.5) is 20.8 Å². The number of carbonyl (C=O) groups excluding carboxylic acids is 3. The smallest absolute Gasteiger partial charge is 0.414 e. The number of primary amides is 1. The first-order chi connectivity index (χ1) is 17.3. The molecule has 1 aromatic heterocycles. The lowest BCUT2D eigenvalue weighted by atomic mass is 10.0. The summed E-state index contributed by atoms with van der Waals surface area (Å²) in [6.45, 7) is 6.30. The van der Waals surface area contributed by atoms with Gasteiger partial charge in [-0.1, -0.05) is 13.3 Å². The molecule has 11 heteroatoms. The number of ether oxygens (including phenoxy) is 1. The molecule has 2 aliphatic rings. The molecule has 0 spiro atoms. The fraction of sp³-hybridized carbons (Fsp3) is 0.480. The van der Waals surface area contributed by atoms with E-state index >= 15 is 4.39 Å². The molecule has 192 valence electrons. The standard InChI is InChI=1S/C25H31FN6O4/c1-3-4-5-22(33)30-8-10-31(11-9-30)24-28-13-17(14-29-24)19-7-6-18(12-20(19)26)32-15-21(36-25(32)35)16(2)23(27)34/h6-7,12-14,16,21H,3-5,8-11,15H2,1-2H3,(H2,27,34). The Hall–Kier alpha value is -3.76. The summed E-state index contributed by atoms with van der Waals surface area (Å²) in [5.74, 6) is -1.04. The number of piperazine rings is 1. The van der Waals surface area contributed by atoms with E-state index in [0.29, 0.717) is 55.4 Å². The summed E-state index contributed by atoms with van der Waals surface area (Å²) in [6.07, 6.45) is 4.27. The summed E-state index contributed by atoms with van der Waals surface area (Å²) in [7, 11) is 0. The van der Waals surface area contributed by atoms with E-state index in [9.17, 15) is 14.4 Å². The van der Waals surface area contributed by atoms with Crippen molar-refractivity contribution in [3.8, 4) is 11.1 Å². The van der Waals surface area contributed by atoms with Crippen molar-refractivity contribution in [2.45, 2.75) is 39.2 Å². The summed E-state index contributed by atoms with van der Waals surface area (Å²) in [5, 5.41) is 0. The number of unbranched alkanes of at least 4 members (excludes halogenated alkanes) is 1. The van der Waals surface area contributed by atoms with Gasteiger partial charge in [0.25, 0.3) is 0 Å². The molecular weight excluding hydrogens is 467 g/mol. The molecule has 4 rings (SSSR count). The van der Waals surface area contributed by atoms with E-state index in [1.54, 1.807) is 31.5 Å². The van der Waals surface area contributed by atoms with Crippen LogP contribution in [0.2, 0.25) is 0 Å². The average molecular weight is 499 g/mol. The molecule has 2 unspecified atom stereocenters. The monoisotopic (exact) mass is 498 g/mol. The van der Waals surface area contributed by atoms with E-state index in [-0.39, 0.29) is 12.5 Å². The number of halogens is 1. The number of benzene rings is 1. The maximum atomic E-state index is 15.0. The van der Waals surface area contributed by atoms with Crippen LogP contribution >= 0.6 is 0 Å². The number of amides is 3. The highest BCUT2D eigenvalue weighted by atomic mass is 19.1. The van der Waals surface area contributed by atoms with Gasteiger partial charge in [-0.3, -0.25) is 14.5 Å². The first kappa shape index (κ1) is 25.3. The van der Waals surface area contributed by atoms with Crippen LogP contribution in [0.15, 0.2) is 30.6 Å². The molecule has 2 saturated heterocycles. The number of cyclic esters (lactones) is 1. The number of carbonyl (C=O) groups is 3. The quantitative estimate of drug-likeness (QED) is 0.594. The minimum Gasteiger partial charge on any atom is -0.443 e. The van der Waals surface area contributed by atoms with E-state index < -0.39 is 29.8 Å². The Bertz CT molecular complexity index is 1120. The molecular formula is C25H31FN6O4. The minimum atomic E-state index is -0.685. The topological polar surface area (TPSA) is 122 Å². The van der Waals surface area contributed by atoms with Crippen LogP contribution in [-0.4, -0.2) is 71.6 Å². The third-order valence-electron chi connectivity index (χ3n) is 6.71. The SMILES string of the molecule is CCCCC(=O)N1CCN(c2ncc(-c3ccc(N4CC(C(C)C(N)=O)OC4=O)cc3F)cn2)CC1. The number of anilines is 2. The molecule has 10 nitrogen and oxygen atoms in total. The van der Waals surface area contributed by atoms with Gasteiger partial charge in [-0.25, -0.2) is 19.2 Å². The number of nitrogens with two attached hydrogens (primary N) is 1. The van der Waals surface area contributed by atoms with Crippen molar-refractivity contribution >= 4 is 29.5 Å². The van der Waals surface area contributed by atoms with Gasteiger partial charge in [-0.15, -0.1) is 0 Å². The maximum absolute atomic E-state index is 15.0. The lowest BCUT2D eigenvalue weighted by Gasteiger charge is -2.34. The third kappa shape index (κ3) is 5.39. The van der Waals surface area contributed by atoms with Crippen molar-refractivity contribution in [3.05, 3.63) is 36.4 Å². The third-order valence-corrected chi connectivity index (χ3v) is 6.71. The summed E-state index contributed by atoms with van der Waals surface area (Å²) < 4.78 is 20.2. The molecule has 0 saturated carbocycles. The summed E-state index contributed by atoms with van der Waals surface area (Å²) in [5.41, 5.74) is 6.43. The number of hydrogen-bond acceptors (Lipinski definition) is 7. The molecule has 2 atom stereocenters. The Morgan fingerprint density at radius 2 is 1.89 bits per heavy atom. The van der Waals surface area contributed by atoms with Crippen LogP contribution in [0.3, 0.4) is 0 Å². The molecule has 2 aromatic rings. The molecule has 1 aromatic carbocycles. The highest BCUT2D eigenvalue weighted by Crippen LogP contribution is 2.30. The van der Waals surface area contributed by atoms with Crippen molar-refractivity contribution < 1.29 is 23.5 Å². The zero-order valence-corrected chi connectivity index (χ0v) is 20.5. The number of aromatic nitrogens is 2. The van der Waals surface area contributed by atoms with Crippen LogP contribution < -0.4 is 15.5 Å². The fourth-order valence-electron chi connectivity index (χ4n) is 4.31. The van der Waals surface area contributed by atoms with E-state index in [4.69, 9.17) is 10.5 Å². The Balaban J connectivity index is 1.40. The Morgan fingerprint density at radius 3 is 2.50 bits per heavy atom. The number of nitrogens with zero attached hydrogens (tertiary/aromatic N) is 5. The highest BCUT2D eigenvalue weighted by molar-refractivity contribution is 5.91. The van der Waals surface area contributed by atoms with E-state index in [1.807, 2.05) is 9.80 Å². The lowest BCUT2D eigenvalue weighted by Crippen LogP contribution is -2.49. The molecule has 0 bridgehead atoms. The minimum absolute atomic E-state index is 0.108. The second kappa shape index (κ2) is 10.9. The zero-order valence-electron chi connectivity index (χ0n) is 20.5. The van der Waals surface area contributed by atoms with Gasteiger partial charge in [0.05, 0.1) is 18.2 Å². The van der Waals surface area contributed by atoms with Gasteiger partial charge in [-0.05, 0) is 31.5 Å². The van der Waals surface area contributed by atoms with Crippen LogP contribution in [0.25, 0.3) is 11.1 Å². The first-order valence-electron chi connectivity index (χ1n) is 12.2. The second-order valence-corrected chi connectivity index (χ2v) is 9.13. The summed E-state index contributed by atoms with van der Waals surface area (Å²) >= 11 is 0. The van der Waals surface area contributed by atoms with Crippen molar-refractivity contribution in [2.75, 3.05) is 42.5 Å². The average Bonchev–Trinajstić information content (AvgIpc) is 3.28. The predicted molar refractivity (Wildman–Crippen MR) is 132 cm³/mol. The van der Waals surface area contributed by atoms with E-state index in [0.717, 1.165) is 12.8 Å². The Morgan fingerprint density at radius 1 is 1.19 bits per heavy atom. The molecule has 0 aliphatic carbocycles. The molecule has 3 amide bonds. The van der Waals surface area contributed by atoms with Gasteiger partial charge >= 0.3 is 6.09 Å². The Kier molecular flexibility index (Phi) is 7.66. The maximum Gasteiger partial charge on any atom is 0.414 e. The van der Waals surface area contributed by atoms with Gasteiger partial charge in [-0.2, -0.15) is 0 Å². The molecule has 3 heterocycles. The zero-order chi connectivity index (χ0) is 25.8. The molecule has 0 radical (unpaired) electrons. The predicted octanol–water partition coefficient (Wildman–Crippen LogP) is 2.57. The molecule has 2 fully saturated rings. The van der Waals surface area contributed by atoms with Gasteiger partial charge in [0, 0.05) is 56.1 Å². The van der Waals surface area contributed by atoms with Gasteiger partial charge in [0.2, 0.25) is 17.8 Å². The van der Waals surface area contributed by atoms with E-state index in [2.05, 4.69) is 16.9 Å². The van der Waals surface area contributed by atoms with Gasteiger partial charge in [0.15, 0.2) is 0 Å². The highest BCUT2D eigenvalue weighted by Gasteiger charge is 2.38. The summed E-state index contributed by atoms with van der Waals surface area (Å²) in [4.78, 5) is 49.9. The number of hydrogen-bond donors (Lipinski definition) is 1. The van der Waals surface area contributed by atoms with Gasteiger partial charge < -0.3 is 20.3 Å². The molecule has 2 aliphatic heterocycles. The van der Waals surface area contributed by atoms with E-state index in [1.165, 1.54) is 11.0 Å². The molecule has 2 N–H and O–H groups in total. The van der Waals surface area contributed by atoms with Crippen molar-refractivity contribution in [1.29, 1.82) is 0 Å². The molecule has 36 heavy (non-hydrogen) atoms.